The molecule has 0 bridgehead atoms. The standard InChI is InChI=1S/C12H17BrN2OS/c13-6-7-15(10-4-2-1-3-5-10)12(16)11-8-17-9-14-11/h8-10H,1-7H2. The average Bonchev–Trinajstić information content (AvgIpc) is 2.90. The van der Waals surface area contributed by atoms with Crippen molar-refractivity contribution in [3.63, 3.8) is 0 Å². The second-order valence-electron chi connectivity index (χ2n) is 4.35. The van der Waals surface area contributed by atoms with Gasteiger partial charge in [-0.3, -0.25) is 4.79 Å². The molecule has 94 valence electrons. The first-order chi connectivity index (χ1) is 8.33. The van der Waals surface area contributed by atoms with Gasteiger partial charge in [0.15, 0.2) is 0 Å². The van der Waals surface area contributed by atoms with Crippen LogP contribution in [-0.4, -0.2) is 33.7 Å². The Morgan fingerprint density at radius 3 is 2.82 bits per heavy atom. The van der Waals surface area contributed by atoms with Gasteiger partial charge in [0.1, 0.15) is 5.69 Å². The summed E-state index contributed by atoms with van der Waals surface area (Å²) in [7, 11) is 0. The number of carbonyl (C=O) groups excluding carboxylic acids is 1. The second-order valence-corrected chi connectivity index (χ2v) is 5.86. The Morgan fingerprint density at radius 1 is 1.47 bits per heavy atom. The molecular formula is C12H17BrN2OS. The normalized spacial score (nSPS) is 17.0. The molecule has 1 aliphatic rings. The Hall–Kier alpha value is -0.420. The number of rotatable bonds is 4. The van der Waals surface area contributed by atoms with Crippen molar-refractivity contribution >= 4 is 33.2 Å². The SMILES string of the molecule is O=C(c1cscn1)N(CCBr)C1CCCCC1. The van der Waals surface area contributed by atoms with Crippen LogP contribution < -0.4 is 0 Å². The van der Waals surface area contributed by atoms with E-state index in [0.717, 1.165) is 24.7 Å². The molecule has 0 spiro atoms. The minimum absolute atomic E-state index is 0.0950. The summed E-state index contributed by atoms with van der Waals surface area (Å²) in [5.74, 6) is 0.0950. The Labute approximate surface area is 114 Å². The molecule has 1 aromatic rings. The van der Waals surface area contributed by atoms with E-state index in [2.05, 4.69) is 20.9 Å². The van der Waals surface area contributed by atoms with Crippen molar-refractivity contribution in [2.75, 3.05) is 11.9 Å². The number of thiazole rings is 1. The van der Waals surface area contributed by atoms with E-state index in [4.69, 9.17) is 0 Å². The van der Waals surface area contributed by atoms with Crippen molar-refractivity contribution in [1.82, 2.24) is 9.88 Å². The fourth-order valence-corrected chi connectivity index (χ4v) is 3.31. The molecule has 0 atom stereocenters. The molecule has 1 aromatic heterocycles. The molecule has 1 heterocycles. The van der Waals surface area contributed by atoms with Gasteiger partial charge in [-0.1, -0.05) is 35.2 Å². The molecule has 0 radical (unpaired) electrons. The predicted octanol–water partition coefficient (Wildman–Crippen LogP) is 3.31. The monoisotopic (exact) mass is 316 g/mol. The largest absolute Gasteiger partial charge is 0.333 e. The number of hydrogen-bond donors (Lipinski definition) is 0. The Kier molecular flexibility index (Phi) is 4.98. The van der Waals surface area contributed by atoms with Crippen molar-refractivity contribution < 1.29 is 4.79 Å². The minimum Gasteiger partial charge on any atom is -0.333 e. The number of amides is 1. The lowest BCUT2D eigenvalue weighted by Gasteiger charge is -2.33. The van der Waals surface area contributed by atoms with Crippen LogP contribution in [0.25, 0.3) is 0 Å². The first-order valence-corrected chi connectivity index (χ1v) is 8.14. The predicted molar refractivity (Wildman–Crippen MR) is 73.8 cm³/mol. The highest BCUT2D eigenvalue weighted by Crippen LogP contribution is 2.24. The van der Waals surface area contributed by atoms with Crippen molar-refractivity contribution in [3.05, 3.63) is 16.6 Å². The zero-order chi connectivity index (χ0) is 12.1. The smallest absolute Gasteiger partial charge is 0.273 e. The van der Waals surface area contributed by atoms with Crippen LogP contribution in [-0.2, 0) is 0 Å². The van der Waals surface area contributed by atoms with Gasteiger partial charge in [-0.2, -0.15) is 0 Å². The highest BCUT2D eigenvalue weighted by Gasteiger charge is 2.26. The van der Waals surface area contributed by atoms with Gasteiger partial charge in [-0.15, -0.1) is 11.3 Å². The lowest BCUT2D eigenvalue weighted by Crippen LogP contribution is -2.42. The third-order valence-electron chi connectivity index (χ3n) is 3.25. The van der Waals surface area contributed by atoms with Crippen molar-refractivity contribution in [1.29, 1.82) is 0 Å². The van der Waals surface area contributed by atoms with Crippen LogP contribution in [0.15, 0.2) is 10.9 Å². The lowest BCUT2D eigenvalue weighted by molar-refractivity contribution is 0.0646. The number of carbonyl (C=O) groups is 1. The molecule has 3 nitrogen and oxygen atoms in total. The summed E-state index contributed by atoms with van der Waals surface area (Å²) >= 11 is 4.92. The van der Waals surface area contributed by atoms with Crippen LogP contribution in [0.1, 0.15) is 42.6 Å². The summed E-state index contributed by atoms with van der Waals surface area (Å²) in [6, 6.07) is 0.412. The number of nitrogens with zero attached hydrogens (tertiary/aromatic N) is 2. The van der Waals surface area contributed by atoms with Gasteiger partial charge in [0.25, 0.3) is 5.91 Å². The quantitative estimate of drug-likeness (QED) is 0.798. The molecule has 5 heteroatoms. The Bertz CT molecular complexity index is 349. The molecule has 2 rings (SSSR count). The van der Waals surface area contributed by atoms with E-state index < -0.39 is 0 Å². The van der Waals surface area contributed by atoms with Crippen LogP contribution in [0.3, 0.4) is 0 Å². The van der Waals surface area contributed by atoms with Gasteiger partial charge < -0.3 is 4.90 Å². The van der Waals surface area contributed by atoms with Gasteiger partial charge in [-0.25, -0.2) is 4.98 Å². The summed E-state index contributed by atoms with van der Waals surface area (Å²) < 4.78 is 0. The summed E-state index contributed by atoms with van der Waals surface area (Å²) in [4.78, 5) is 18.5. The zero-order valence-electron chi connectivity index (χ0n) is 9.77. The van der Waals surface area contributed by atoms with E-state index in [1.165, 1.54) is 30.6 Å². The van der Waals surface area contributed by atoms with E-state index >= 15 is 0 Å². The molecular weight excluding hydrogens is 300 g/mol. The molecule has 1 saturated carbocycles. The third-order valence-corrected chi connectivity index (χ3v) is 4.19. The summed E-state index contributed by atoms with van der Waals surface area (Å²) in [5.41, 5.74) is 2.32. The van der Waals surface area contributed by atoms with Crippen LogP contribution >= 0.6 is 27.3 Å². The highest BCUT2D eigenvalue weighted by molar-refractivity contribution is 9.09. The lowest BCUT2D eigenvalue weighted by atomic mass is 9.94. The van der Waals surface area contributed by atoms with Gasteiger partial charge in [0.2, 0.25) is 0 Å². The van der Waals surface area contributed by atoms with E-state index in [0.29, 0.717) is 11.7 Å². The van der Waals surface area contributed by atoms with Gasteiger partial charge in [0.05, 0.1) is 5.51 Å². The topological polar surface area (TPSA) is 33.2 Å². The summed E-state index contributed by atoms with van der Waals surface area (Å²) in [6.07, 6.45) is 6.08. The molecule has 1 amide bonds. The number of aromatic nitrogens is 1. The summed E-state index contributed by atoms with van der Waals surface area (Å²) in [5, 5.41) is 2.67. The molecule has 0 saturated heterocycles. The second kappa shape index (κ2) is 6.50. The van der Waals surface area contributed by atoms with Gasteiger partial charge in [-0.05, 0) is 12.8 Å². The number of hydrogen-bond acceptors (Lipinski definition) is 3. The first-order valence-electron chi connectivity index (χ1n) is 6.08. The van der Waals surface area contributed by atoms with Crippen LogP contribution in [0.5, 0.6) is 0 Å². The van der Waals surface area contributed by atoms with Crippen LogP contribution in [0.2, 0.25) is 0 Å². The number of alkyl halides is 1. The first kappa shape index (κ1) is 13.0. The highest BCUT2D eigenvalue weighted by atomic mass is 79.9. The fraction of sp³-hybridized carbons (Fsp3) is 0.667. The van der Waals surface area contributed by atoms with Crippen molar-refractivity contribution in [2.24, 2.45) is 0 Å². The van der Waals surface area contributed by atoms with E-state index in [1.54, 1.807) is 5.51 Å². The maximum Gasteiger partial charge on any atom is 0.273 e. The molecule has 1 fully saturated rings. The molecule has 1 aliphatic carbocycles. The van der Waals surface area contributed by atoms with Gasteiger partial charge in [0, 0.05) is 23.3 Å². The Morgan fingerprint density at radius 2 is 2.24 bits per heavy atom. The molecule has 0 unspecified atom stereocenters. The van der Waals surface area contributed by atoms with Crippen LogP contribution in [0, 0.1) is 0 Å². The van der Waals surface area contributed by atoms with Gasteiger partial charge >= 0.3 is 0 Å². The minimum atomic E-state index is 0.0950. The molecule has 17 heavy (non-hydrogen) atoms. The Balaban J connectivity index is 2.07. The van der Waals surface area contributed by atoms with Crippen LogP contribution in [0.4, 0.5) is 0 Å². The zero-order valence-corrected chi connectivity index (χ0v) is 12.2. The number of halogens is 1. The molecule has 0 aromatic carbocycles. The fourth-order valence-electron chi connectivity index (χ4n) is 2.40. The maximum atomic E-state index is 12.3. The van der Waals surface area contributed by atoms with E-state index in [-0.39, 0.29) is 5.91 Å². The van der Waals surface area contributed by atoms with Crippen molar-refractivity contribution in [2.45, 2.75) is 38.1 Å². The maximum absolute atomic E-state index is 12.3. The third kappa shape index (κ3) is 3.28. The van der Waals surface area contributed by atoms with Crippen molar-refractivity contribution in [3.8, 4) is 0 Å². The van der Waals surface area contributed by atoms with E-state index in [9.17, 15) is 4.79 Å². The van der Waals surface area contributed by atoms with E-state index in [1.807, 2.05) is 10.3 Å². The molecule has 0 aliphatic heterocycles. The average molecular weight is 317 g/mol. The summed E-state index contributed by atoms with van der Waals surface area (Å²) in [6.45, 7) is 0.779. The molecule has 0 N–H and O–H groups in total.